The zero-order valence-electron chi connectivity index (χ0n) is 11.8. The summed E-state index contributed by atoms with van der Waals surface area (Å²) >= 11 is 0. The molecule has 19 heavy (non-hydrogen) atoms. The standard InChI is InChI=1S/C16H24N2O/c1-17-9-4-10-18(12-11-17)15-8-7-13-5-2-3-6-14(13)16(15)19/h2-3,5-6,15-16,19H,4,7-12H2,1H3. The maximum atomic E-state index is 10.7. The van der Waals surface area contributed by atoms with E-state index >= 15 is 0 Å². The highest BCUT2D eigenvalue weighted by atomic mass is 16.3. The average molecular weight is 260 g/mol. The summed E-state index contributed by atoms with van der Waals surface area (Å²) in [6.07, 6.45) is 3.08. The molecule has 3 heteroatoms. The molecule has 3 nitrogen and oxygen atoms in total. The van der Waals surface area contributed by atoms with E-state index in [9.17, 15) is 5.11 Å². The molecule has 1 aliphatic carbocycles. The largest absolute Gasteiger partial charge is 0.387 e. The Morgan fingerprint density at radius 2 is 1.95 bits per heavy atom. The molecule has 104 valence electrons. The quantitative estimate of drug-likeness (QED) is 0.832. The third-order valence-corrected chi connectivity index (χ3v) is 4.67. The van der Waals surface area contributed by atoms with E-state index in [1.165, 1.54) is 18.5 Å². The van der Waals surface area contributed by atoms with Gasteiger partial charge in [0.2, 0.25) is 0 Å². The summed E-state index contributed by atoms with van der Waals surface area (Å²) in [4.78, 5) is 4.90. The van der Waals surface area contributed by atoms with Crippen LogP contribution in [0.1, 0.15) is 30.1 Å². The number of likely N-dealkylation sites (N-methyl/N-ethyl adjacent to an activating group) is 1. The molecule has 0 bridgehead atoms. The van der Waals surface area contributed by atoms with Gasteiger partial charge in [-0.15, -0.1) is 0 Å². The second-order valence-electron chi connectivity index (χ2n) is 5.94. The number of nitrogens with zero attached hydrogens (tertiary/aromatic N) is 2. The molecular weight excluding hydrogens is 236 g/mol. The van der Waals surface area contributed by atoms with Gasteiger partial charge in [0.05, 0.1) is 6.10 Å². The van der Waals surface area contributed by atoms with Crippen LogP contribution in [-0.4, -0.2) is 54.2 Å². The topological polar surface area (TPSA) is 26.7 Å². The van der Waals surface area contributed by atoms with Crippen LogP contribution >= 0.6 is 0 Å². The summed E-state index contributed by atoms with van der Waals surface area (Å²) in [6.45, 7) is 4.50. The summed E-state index contributed by atoms with van der Waals surface area (Å²) in [5, 5.41) is 10.7. The van der Waals surface area contributed by atoms with Crippen molar-refractivity contribution in [3.8, 4) is 0 Å². The van der Waals surface area contributed by atoms with Gasteiger partial charge < -0.3 is 10.0 Å². The van der Waals surface area contributed by atoms with Crippen LogP contribution in [0.4, 0.5) is 0 Å². The van der Waals surface area contributed by atoms with Gasteiger partial charge in [-0.1, -0.05) is 24.3 Å². The fourth-order valence-corrected chi connectivity index (χ4v) is 3.50. The predicted octanol–water partition coefficient (Wildman–Crippen LogP) is 1.67. The van der Waals surface area contributed by atoms with Gasteiger partial charge in [0.15, 0.2) is 0 Å². The minimum absolute atomic E-state index is 0.307. The van der Waals surface area contributed by atoms with Crippen molar-refractivity contribution in [2.24, 2.45) is 0 Å². The summed E-state index contributed by atoms with van der Waals surface area (Å²) < 4.78 is 0. The number of aliphatic hydroxyl groups excluding tert-OH is 1. The highest BCUT2D eigenvalue weighted by molar-refractivity contribution is 5.32. The predicted molar refractivity (Wildman–Crippen MR) is 77.2 cm³/mol. The summed E-state index contributed by atoms with van der Waals surface area (Å²) in [6, 6.07) is 8.68. The molecule has 0 amide bonds. The molecule has 1 N–H and O–H groups in total. The molecule has 0 aromatic heterocycles. The molecule has 1 aromatic rings. The third kappa shape index (κ3) is 2.69. The van der Waals surface area contributed by atoms with Gasteiger partial charge in [0, 0.05) is 19.1 Å². The lowest BCUT2D eigenvalue weighted by Gasteiger charge is -2.38. The van der Waals surface area contributed by atoms with Crippen LogP contribution < -0.4 is 0 Å². The minimum Gasteiger partial charge on any atom is -0.387 e. The molecular formula is C16H24N2O. The fourth-order valence-electron chi connectivity index (χ4n) is 3.50. The molecule has 0 saturated carbocycles. The van der Waals surface area contributed by atoms with Gasteiger partial charge in [0.25, 0.3) is 0 Å². The van der Waals surface area contributed by atoms with Crippen LogP contribution in [-0.2, 0) is 6.42 Å². The molecule has 1 saturated heterocycles. The first kappa shape index (κ1) is 13.1. The van der Waals surface area contributed by atoms with E-state index in [0.29, 0.717) is 6.04 Å². The van der Waals surface area contributed by atoms with Crippen LogP contribution in [0.15, 0.2) is 24.3 Å². The van der Waals surface area contributed by atoms with E-state index in [-0.39, 0.29) is 6.10 Å². The zero-order chi connectivity index (χ0) is 13.2. The van der Waals surface area contributed by atoms with Gasteiger partial charge in [-0.05, 0) is 50.5 Å². The molecule has 1 heterocycles. The van der Waals surface area contributed by atoms with Crippen molar-refractivity contribution >= 4 is 0 Å². The van der Waals surface area contributed by atoms with E-state index in [1.54, 1.807) is 0 Å². The van der Waals surface area contributed by atoms with Gasteiger partial charge >= 0.3 is 0 Å². The number of benzene rings is 1. The Balaban J connectivity index is 1.76. The maximum absolute atomic E-state index is 10.7. The normalized spacial score (nSPS) is 29.8. The minimum atomic E-state index is -0.312. The summed E-state index contributed by atoms with van der Waals surface area (Å²) in [7, 11) is 2.19. The monoisotopic (exact) mass is 260 g/mol. The SMILES string of the molecule is CN1CCCN(C2CCc3ccccc3C2O)CC1. The first-order valence-corrected chi connectivity index (χ1v) is 7.44. The first-order valence-electron chi connectivity index (χ1n) is 7.44. The molecule has 1 aliphatic heterocycles. The fraction of sp³-hybridized carbons (Fsp3) is 0.625. The van der Waals surface area contributed by atoms with Crippen molar-refractivity contribution in [3.05, 3.63) is 35.4 Å². The third-order valence-electron chi connectivity index (χ3n) is 4.67. The molecule has 2 aliphatic rings. The van der Waals surface area contributed by atoms with Gasteiger partial charge in [-0.3, -0.25) is 4.90 Å². The van der Waals surface area contributed by atoms with Gasteiger partial charge in [0.1, 0.15) is 0 Å². The number of rotatable bonds is 1. The van der Waals surface area contributed by atoms with E-state index in [4.69, 9.17) is 0 Å². The number of aliphatic hydroxyl groups is 1. The molecule has 0 radical (unpaired) electrons. The second-order valence-corrected chi connectivity index (χ2v) is 5.94. The Morgan fingerprint density at radius 1 is 1.11 bits per heavy atom. The van der Waals surface area contributed by atoms with Crippen LogP contribution in [0.3, 0.4) is 0 Å². The smallest absolute Gasteiger partial charge is 0.0947 e. The van der Waals surface area contributed by atoms with Crippen molar-refractivity contribution in [1.82, 2.24) is 9.80 Å². The highest BCUT2D eigenvalue weighted by Crippen LogP contribution is 2.33. The number of fused-ring (bicyclic) bond motifs is 1. The van der Waals surface area contributed by atoms with Crippen molar-refractivity contribution in [2.75, 3.05) is 33.2 Å². The number of aryl methyl sites for hydroxylation is 1. The van der Waals surface area contributed by atoms with E-state index in [1.807, 2.05) is 6.07 Å². The lowest BCUT2D eigenvalue weighted by molar-refractivity contribution is 0.0382. The lowest BCUT2D eigenvalue weighted by Crippen LogP contribution is -2.44. The Kier molecular flexibility index (Phi) is 3.87. The molecule has 3 rings (SSSR count). The molecule has 1 aromatic carbocycles. The molecule has 2 atom stereocenters. The molecule has 0 spiro atoms. The van der Waals surface area contributed by atoms with E-state index in [2.05, 4.69) is 35.0 Å². The Morgan fingerprint density at radius 3 is 2.84 bits per heavy atom. The Hall–Kier alpha value is -0.900. The maximum Gasteiger partial charge on any atom is 0.0947 e. The average Bonchev–Trinajstić information content (AvgIpc) is 2.65. The number of hydrogen-bond donors (Lipinski definition) is 1. The second kappa shape index (κ2) is 5.61. The Labute approximate surface area is 115 Å². The summed E-state index contributed by atoms with van der Waals surface area (Å²) in [5.74, 6) is 0. The van der Waals surface area contributed by atoms with Gasteiger partial charge in [-0.25, -0.2) is 0 Å². The first-order chi connectivity index (χ1) is 9.25. The summed E-state index contributed by atoms with van der Waals surface area (Å²) in [5.41, 5.74) is 2.48. The molecule has 2 unspecified atom stereocenters. The highest BCUT2D eigenvalue weighted by Gasteiger charge is 2.32. The van der Waals surface area contributed by atoms with Crippen LogP contribution in [0, 0.1) is 0 Å². The van der Waals surface area contributed by atoms with E-state index < -0.39 is 0 Å². The van der Waals surface area contributed by atoms with Crippen molar-refractivity contribution in [2.45, 2.75) is 31.4 Å². The number of hydrogen-bond acceptors (Lipinski definition) is 3. The zero-order valence-corrected chi connectivity index (χ0v) is 11.8. The lowest BCUT2D eigenvalue weighted by atomic mass is 9.85. The van der Waals surface area contributed by atoms with Crippen LogP contribution in [0.5, 0.6) is 0 Å². The van der Waals surface area contributed by atoms with E-state index in [0.717, 1.165) is 38.0 Å². The van der Waals surface area contributed by atoms with Crippen molar-refractivity contribution in [1.29, 1.82) is 0 Å². The molecule has 1 fully saturated rings. The van der Waals surface area contributed by atoms with Crippen molar-refractivity contribution in [3.63, 3.8) is 0 Å². The van der Waals surface area contributed by atoms with Crippen LogP contribution in [0.25, 0.3) is 0 Å². The van der Waals surface area contributed by atoms with Crippen LogP contribution in [0.2, 0.25) is 0 Å². The van der Waals surface area contributed by atoms with Crippen molar-refractivity contribution < 1.29 is 5.11 Å². The Bertz CT molecular complexity index is 435. The van der Waals surface area contributed by atoms with Gasteiger partial charge in [-0.2, -0.15) is 0 Å².